The lowest BCUT2D eigenvalue weighted by molar-refractivity contribution is -0.131. The highest BCUT2D eigenvalue weighted by atomic mass is 16.2. The number of likely N-dealkylation sites (N-methyl/N-ethyl adjacent to an activating group) is 2. The summed E-state index contributed by atoms with van der Waals surface area (Å²) in [6.45, 7) is 4.15. The van der Waals surface area contributed by atoms with Crippen molar-refractivity contribution in [3.63, 3.8) is 0 Å². The van der Waals surface area contributed by atoms with Crippen LogP contribution in [0.25, 0.3) is 0 Å². The highest BCUT2D eigenvalue weighted by molar-refractivity contribution is 5.91. The van der Waals surface area contributed by atoms with Gasteiger partial charge in [-0.15, -0.1) is 0 Å². The topological polar surface area (TPSA) is 102 Å². The van der Waals surface area contributed by atoms with Gasteiger partial charge in [-0.25, -0.2) is 4.98 Å². The van der Waals surface area contributed by atoms with Crippen LogP contribution in [0.15, 0.2) is 18.3 Å². The van der Waals surface area contributed by atoms with Crippen LogP contribution in [0.5, 0.6) is 0 Å². The number of carbonyl (C=O) groups excluding carboxylic acids is 2. The number of carbonyl (C=O) groups is 2. The van der Waals surface area contributed by atoms with Gasteiger partial charge in [-0.05, 0) is 39.8 Å². The molecule has 36 heavy (non-hydrogen) atoms. The Morgan fingerprint density at radius 3 is 2.67 bits per heavy atom. The summed E-state index contributed by atoms with van der Waals surface area (Å²) in [4.78, 5) is 36.7. The van der Waals surface area contributed by atoms with Crippen molar-refractivity contribution in [2.24, 2.45) is 0 Å². The maximum atomic E-state index is 12.1. The largest absolute Gasteiger partial charge is 0.369 e. The van der Waals surface area contributed by atoms with Gasteiger partial charge in [0, 0.05) is 45.2 Å². The van der Waals surface area contributed by atoms with Gasteiger partial charge in [0.2, 0.25) is 17.8 Å². The van der Waals surface area contributed by atoms with Gasteiger partial charge >= 0.3 is 0 Å². The van der Waals surface area contributed by atoms with E-state index in [0.717, 1.165) is 30.8 Å². The number of amides is 2. The van der Waals surface area contributed by atoms with Crippen molar-refractivity contribution in [2.75, 3.05) is 58.0 Å². The normalized spacial score (nSPS) is 13.8. The molecule has 3 N–H and O–H groups in total. The van der Waals surface area contributed by atoms with Gasteiger partial charge < -0.3 is 25.8 Å². The smallest absolute Gasteiger partial charge is 0.246 e. The van der Waals surface area contributed by atoms with Crippen LogP contribution in [0.4, 0.5) is 11.8 Å². The van der Waals surface area contributed by atoms with Gasteiger partial charge in [-0.2, -0.15) is 4.98 Å². The van der Waals surface area contributed by atoms with Gasteiger partial charge in [-0.1, -0.05) is 44.1 Å². The van der Waals surface area contributed by atoms with E-state index in [1.807, 2.05) is 19.0 Å². The van der Waals surface area contributed by atoms with Crippen molar-refractivity contribution in [1.82, 2.24) is 25.1 Å². The minimum Gasteiger partial charge on any atom is -0.369 e. The number of aromatic nitrogens is 2. The SMILES string of the molecule is CCCNc1nc(NC2CCCCC2)ncc1C#CCCCNC(=O)CN(C)C(=O)/C=C/CN(C)C. The monoisotopic (exact) mass is 497 g/mol. The van der Waals surface area contributed by atoms with E-state index < -0.39 is 0 Å². The van der Waals surface area contributed by atoms with E-state index in [2.05, 4.69) is 44.7 Å². The summed E-state index contributed by atoms with van der Waals surface area (Å²) >= 11 is 0. The molecule has 0 bridgehead atoms. The van der Waals surface area contributed by atoms with E-state index in [0.29, 0.717) is 31.5 Å². The molecule has 198 valence electrons. The lowest BCUT2D eigenvalue weighted by Gasteiger charge is -2.23. The van der Waals surface area contributed by atoms with Crippen LogP contribution < -0.4 is 16.0 Å². The van der Waals surface area contributed by atoms with Crippen molar-refractivity contribution in [3.05, 3.63) is 23.9 Å². The third-order valence-corrected chi connectivity index (χ3v) is 5.78. The maximum Gasteiger partial charge on any atom is 0.246 e. The number of hydrogen-bond donors (Lipinski definition) is 3. The third-order valence-electron chi connectivity index (χ3n) is 5.78. The molecule has 9 heteroatoms. The Balaban J connectivity index is 1.77. The van der Waals surface area contributed by atoms with Crippen LogP contribution in [0, 0.1) is 11.8 Å². The summed E-state index contributed by atoms with van der Waals surface area (Å²) in [6.07, 6.45) is 13.6. The van der Waals surface area contributed by atoms with Crippen LogP contribution in [-0.2, 0) is 9.59 Å². The van der Waals surface area contributed by atoms with E-state index in [1.54, 1.807) is 19.3 Å². The lowest BCUT2D eigenvalue weighted by Crippen LogP contribution is -2.38. The van der Waals surface area contributed by atoms with Crippen LogP contribution in [0.1, 0.15) is 63.9 Å². The Morgan fingerprint density at radius 2 is 1.94 bits per heavy atom. The molecular weight excluding hydrogens is 454 g/mol. The van der Waals surface area contributed by atoms with E-state index >= 15 is 0 Å². The van der Waals surface area contributed by atoms with E-state index in [1.165, 1.54) is 43.1 Å². The molecule has 0 radical (unpaired) electrons. The molecule has 0 aromatic carbocycles. The maximum absolute atomic E-state index is 12.1. The molecule has 0 spiro atoms. The highest BCUT2D eigenvalue weighted by Gasteiger charge is 2.15. The molecule has 9 nitrogen and oxygen atoms in total. The zero-order valence-corrected chi connectivity index (χ0v) is 22.4. The molecule has 1 saturated carbocycles. The molecule has 0 saturated heterocycles. The molecule has 1 heterocycles. The highest BCUT2D eigenvalue weighted by Crippen LogP contribution is 2.21. The Hall–Kier alpha value is -3.12. The van der Waals surface area contributed by atoms with Crippen molar-refractivity contribution >= 4 is 23.6 Å². The number of nitrogens with one attached hydrogen (secondary N) is 3. The summed E-state index contributed by atoms with van der Waals surface area (Å²) < 4.78 is 0. The quantitative estimate of drug-likeness (QED) is 0.219. The molecule has 1 fully saturated rings. The predicted molar refractivity (Wildman–Crippen MR) is 146 cm³/mol. The van der Waals surface area contributed by atoms with Crippen molar-refractivity contribution in [2.45, 2.75) is 64.3 Å². The average molecular weight is 498 g/mol. The first-order valence-electron chi connectivity index (χ1n) is 13.1. The van der Waals surface area contributed by atoms with Crippen molar-refractivity contribution < 1.29 is 9.59 Å². The second-order valence-corrected chi connectivity index (χ2v) is 9.48. The predicted octanol–water partition coefficient (Wildman–Crippen LogP) is 2.87. The molecule has 0 aliphatic heterocycles. The molecule has 1 aromatic heterocycles. The fourth-order valence-corrected chi connectivity index (χ4v) is 3.75. The second kappa shape index (κ2) is 16.5. The summed E-state index contributed by atoms with van der Waals surface area (Å²) in [5.74, 6) is 7.39. The Kier molecular flexibility index (Phi) is 13.4. The van der Waals surface area contributed by atoms with Gasteiger partial charge in [0.25, 0.3) is 0 Å². The second-order valence-electron chi connectivity index (χ2n) is 9.48. The Labute approximate surface area is 216 Å². The summed E-state index contributed by atoms with van der Waals surface area (Å²) in [6, 6.07) is 0.447. The van der Waals surface area contributed by atoms with Gasteiger partial charge in [0.1, 0.15) is 5.82 Å². The molecule has 0 atom stereocenters. The summed E-state index contributed by atoms with van der Waals surface area (Å²) in [5, 5.41) is 9.69. The Morgan fingerprint density at radius 1 is 1.17 bits per heavy atom. The van der Waals surface area contributed by atoms with Crippen LogP contribution in [0.2, 0.25) is 0 Å². The molecular formula is C27H43N7O2. The van der Waals surface area contributed by atoms with E-state index in [4.69, 9.17) is 0 Å². The van der Waals surface area contributed by atoms with Gasteiger partial charge in [-0.3, -0.25) is 9.59 Å². The Bertz CT molecular complexity index is 914. The van der Waals surface area contributed by atoms with Crippen LogP contribution in [0.3, 0.4) is 0 Å². The van der Waals surface area contributed by atoms with E-state index in [9.17, 15) is 9.59 Å². The molecule has 0 unspecified atom stereocenters. The number of rotatable bonds is 13. The summed E-state index contributed by atoms with van der Waals surface area (Å²) in [5.41, 5.74) is 0.782. The minimum atomic E-state index is -0.187. The zero-order chi connectivity index (χ0) is 26.2. The number of hydrogen-bond acceptors (Lipinski definition) is 7. The van der Waals surface area contributed by atoms with Gasteiger partial charge in [0.05, 0.1) is 18.3 Å². The fraction of sp³-hybridized carbons (Fsp3) is 0.630. The number of nitrogens with zero attached hydrogens (tertiary/aromatic N) is 4. The zero-order valence-electron chi connectivity index (χ0n) is 22.4. The number of anilines is 2. The third kappa shape index (κ3) is 11.5. The molecule has 2 amide bonds. The van der Waals surface area contributed by atoms with Crippen molar-refractivity contribution in [3.8, 4) is 11.8 Å². The van der Waals surface area contributed by atoms with Crippen LogP contribution in [-0.4, -0.2) is 84.9 Å². The average Bonchev–Trinajstić information content (AvgIpc) is 2.86. The van der Waals surface area contributed by atoms with Crippen LogP contribution >= 0.6 is 0 Å². The first kappa shape index (κ1) is 29.1. The molecule has 1 aliphatic rings. The molecule has 1 aliphatic carbocycles. The number of unbranched alkanes of at least 4 members (excludes halogenated alkanes) is 1. The standard InChI is InChI=1S/C27H43N7O2/c1-5-17-29-26-22(20-30-27(32-26)31-23-14-9-6-10-15-23)13-8-7-11-18-28-24(35)21-34(4)25(36)16-12-19-33(2)3/h12,16,20,23H,5-7,9-11,14-15,17-19,21H2,1-4H3,(H,28,35)(H2,29,30,31,32)/b16-12+. The lowest BCUT2D eigenvalue weighted by atomic mass is 9.96. The minimum absolute atomic E-state index is 0.0296. The summed E-state index contributed by atoms with van der Waals surface area (Å²) in [7, 11) is 5.48. The molecule has 2 rings (SSSR count). The molecule has 1 aromatic rings. The van der Waals surface area contributed by atoms with Crippen molar-refractivity contribution in [1.29, 1.82) is 0 Å². The first-order chi connectivity index (χ1) is 17.4. The first-order valence-corrected chi connectivity index (χ1v) is 13.1. The fourth-order valence-electron chi connectivity index (χ4n) is 3.75. The van der Waals surface area contributed by atoms with E-state index in [-0.39, 0.29) is 18.4 Å². The van der Waals surface area contributed by atoms with Gasteiger partial charge in [0.15, 0.2) is 0 Å².